The third-order valence-corrected chi connectivity index (χ3v) is 7.67. The fourth-order valence-corrected chi connectivity index (χ4v) is 6.64. The van der Waals surface area contributed by atoms with Gasteiger partial charge in [-0.1, -0.05) is 6.92 Å². The van der Waals surface area contributed by atoms with Gasteiger partial charge in [0.15, 0.2) is 0 Å². The molecular weight excluding hydrogens is 248 g/mol. The Balaban J connectivity index is 1.60. The molecule has 4 fully saturated rings. The van der Waals surface area contributed by atoms with E-state index >= 15 is 0 Å². The fraction of sp³-hybridized carbons (Fsp3) is 0.944. The lowest BCUT2D eigenvalue weighted by molar-refractivity contribution is -0.118. The van der Waals surface area contributed by atoms with Gasteiger partial charge in [0.1, 0.15) is 5.78 Å². The largest absolute Gasteiger partial charge is 0.393 e. The van der Waals surface area contributed by atoms with Gasteiger partial charge in [0.25, 0.3) is 0 Å². The molecule has 0 aliphatic heterocycles. The van der Waals surface area contributed by atoms with E-state index < -0.39 is 0 Å². The minimum Gasteiger partial charge on any atom is -0.393 e. The summed E-state index contributed by atoms with van der Waals surface area (Å²) in [6.07, 6.45) is 10.2. The third-order valence-electron chi connectivity index (χ3n) is 7.67. The van der Waals surface area contributed by atoms with E-state index in [4.69, 9.17) is 0 Å². The van der Waals surface area contributed by atoms with Crippen LogP contribution in [0.4, 0.5) is 0 Å². The molecule has 0 spiro atoms. The summed E-state index contributed by atoms with van der Waals surface area (Å²) in [5.41, 5.74) is 0.457. The summed E-state index contributed by atoms with van der Waals surface area (Å²) in [6, 6.07) is 0. The number of Topliss-reactive ketones (excluding diaryl/α,β-unsaturated/α-hetero) is 1. The van der Waals surface area contributed by atoms with Crippen LogP contribution in [0.1, 0.15) is 64.7 Å². The molecule has 1 N–H and O–H groups in total. The lowest BCUT2D eigenvalue weighted by Crippen LogP contribution is -2.51. The zero-order chi connectivity index (χ0) is 13.9. The molecule has 0 heterocycles. The molecule has 0 amide bonds. The molecule has 0 saturated heterocycles. The van der Waals surface area contributed by atoms with Gasteiger partial charge < -0.3 is 5.11 Å². The Morgan fingerprint density at radius 1 is 1.05 bits per heavy atom. The van der Waals surface area contributed by atoms with Crippen LogP contribution in [0, 0.1) is 35.0 Å². The molecular formula is C18H28O2. The Morgan fingerprint density at radius 3 is 2.75 bits per heavy atom. The van der Waals surface area contributed by atoms with Crippen LogP contribution in [0.15, 0.2) is 0 Å². The Hall–Kier alpha value is -0.370. The molecule has 0 aromatic carbocycles. The first-order valence-electron chi connectivity index (χ1n) is 8.77. The summed E-state index contributed by atoms with van der Waals surface area (Å²) >= 11 is 0. The summed E-state index contributed by atoms with van der Waals surface area (Å²) in [5, 5.41) is 10.00. The first-order chi connectivity index (χ1) is 9.58. The Bertz CT molecular complexity index is 418. The Kier molecular flexibility index (Phi) is 3.03. The van der Waals surface area contributed by atoms with Crippen LogP contribution >= 0.6 is 0 Å². The van der Waals surface area contributed by atoms with Crippen molar-refractivity contribution < 1.29 is 9.90 Å². The van der Waals surface area contributed by atoms with Crippen LogP contribution in [0.2, 0.25) is 0 Å². The SMILES string of the molecule is C[C@@]12CCC(O)CC1CC[C@@H]1C3CC(=O)C[C@@H]3CCC12. The number of aliphatic hydroxyl groups is 1. The minimum atomic E-state index is -0.0472. The molecule has 4 rings (SSSR count). The smallest absolute Gasteiger partial charge is 0.133 e. The van der Waals surface area contributed by atoms with Gasteiger partial charge in [-0.2, -0.15) is 0 Å². The number of carbonyl (C=O) groups excluding carboxylic acids is 1. The molecule has 4 saturated carbocycles. The average molecular weight is 276 g/mol. The van der Waals surface area contributed by atoms with E-state index in [1.807, 2.05) is 0 Å². The van der Waals surface area contributed by atoms with Gasteiger partial charge in [-0.05, 0) is 80.0 Å². The van der Waals surface area contributed by atoms with Crippen LogP contribution in [0.5, 0.6) is 0 Å². The highest BCUT2D eigenvalue weighted by Crippen LogP contribution is 2.62. The molecule has 112 valence electrons. The van der Waals surface area contributed by atoms with Crippen molar-refractivity contribution in [3.05, 3.63) is 0 Å². The van der Waals surface area contributed by atoms with Gasteiger partial charge in [0.2, 0.25) is 0 Å². The van der Waals surface area contributed by atoms with E-state index in [0.717, 1.165) is 49.4 Å². The molecule has 20 heavy (non-hydrogen) atoms. The van der Waals surface area contributed by atoms with Crippen LogP contribution < -0.4 is 0 Å². The standard InChI is InChI=1S/C18H28O2/c1-18-7-6-13(19)9-12(18)3-4-15-16-10-14(20)8-11(16)2-5-17(15)18/h11-13,15-17,19H,2-10H2,1H3/t11-,12?,13?,15+,16?,17?,18+/m0/s1. The third kappa shape index (κ3) is 1.83. The maximum atomic E-state index is 11.9. The highest BCUT2D eigenvalue weighted by Gasteiger charge is 2.55. The molecule has 4 aliphatic carbocycles. The Labute approximate surface area is 122 Å². The molecule has 0 bridgehead atoms. The van der Waals surface area contributed by atoms with Crippen molar-refractivity contribution in [2.75, 3.05) is 0 Å². The van der Waals surface area contributed by atoms with Gasteiger partial charge in [0, 0.05) is 12.8 Å². The first kappa shape index (κ1) is 13.3. The first-order valence-corrected chi connectivity index (χ1v) is 8.77. The van der Waals surface area contributed by atoms with Crippen molar-refractivity contribution in [3.8, 4) is 0 Å². The molecule has 4 aliphatic rings. The van der Waals surface area contributed by atoms with Gasteiger partial charge >= 0.3 is 0 Å². The number of ketones is 1. The van der Waals surface area contributed by atoms with Crippen LogP contribution in [-0.2, 0) is 4.79 Å². The zero-order valence-corrected chi connectivity index (χ0v) is 12.7. The van der Waals surface area contributed by atoms with Crippen LogP contribution in [-0.4, -0.2) is 17.0 Å². The van der Waals surface area contributed by atoms with E-state index in [9.17, 15) is 9.90 Å². The van der Waals surface area contributed by atoms with Crippen molar-refractivity contribution in [2.45, 2.75) is 70.8 Å². The number of rotatable bonds is 0. The summed E-state index contributed by atoms with van der Waals surface area (Å²) in [4.78, 5) is 11.9. The normalized spacial score (nSPS) is 55.0. The number of carbonyl (C=O) groups is 1. The predicted molar refractivity (Wildman–Crippen MR) is 78.1 cm³/mol. The average Bonchev–Trinajstić information content (AvgIpc) is 2.80. The topological polar surface area (TPSA) is 37.3 Å². The molecule has 0 radical (unpaired) electrons. The van der Waals surface area contributed by atoms with E-state index in [1.54, 1.807) is 0 Å². The second kappa shape index (κ2) is 4.56. The lowest BCUT2D eigenvalue weighted by atomic mass is 9.47. The van der Waals surface area contributed by atoms with E-state index in [0.29, 0.717) is 17.1 Å². The number of hydrogen-bond donors (Lipinski definition) is 1. The molecule has 2 nitrogen and oxygen atoms in total. The van der Waals surface area contributed by atoms with Crippen molar-refractivity contribution in [1.29, 1.82) is 0 Å². The molecule has 0 aromatic heterocycles. The summed E-state index contributed by atoms with van der Waals surface area (Å²) in [5.74, 6) is 4.36. The van der Waals surface area contributed by atoms with Gasteiger partial charge in [0.05, 0.1) is 6.10 Å². The van der Waals surface area contributed by atoms with Crippen molar-refractivity contribution in [1.82, 2.24) is 0 Å². The summed E-state index contributed by atoms with van der Waals surface area (Å²) in [6.45, 7) is 2.51. The Morgan fingerprint density at radius 2 is 1.90 bits per heavy atom. The van der Waals surface area contributed by atoms with Gasteiger partial charge in [-0.25, -0.2) is 0 Å². The number of fused-ring (bicyclic) bond motifs is 5. The highest BCUT2D eigenvalue weighted by molar-refractivity contribution is 5.81. The second-order valence-corrected chi connectivity index (χ2v) is 8.43. The monoisotopic (exact) mass is 276 g/mol. The van der Waals surface area contributed by atoms with Gasteiger partial charge in [-0.15, -0.1) is 0 Å². The number of hydrogen-bond acceptors (Lipinski definition) is 2. The molecule has 0 aromatic rings. The predicted octanol–water partition coefficient (Wildman–Crippen LogP) is 3.57. The maximum Gasteiger partial charge on any atom is 0.133 e. The van der Waals surface area contributed by atoms with E-state index in [1.165, 1.54) is 32.1 Å². The molecule has 7 atom stereocenters. The van der Waals surface area contributed by atoms with Crippen molar-refractivity contribution in [2.24, 2.45) is 35.0 Å². The second-order valence-electron chi connectivity index (χ2n) is 8.43. The van der Waals surface area contributed by atoms with E-state index in [-0.39, 0.29) is 6.10 Å². The quantitative estimate of drug-likeness (QED) is 0.734. The number of aliphatic hydroxyl groups excluding tert-OH is 1. The lowest BCUT2D eigenvalue weighted by Gasteiger charge is -2.58. The molecule has 2 heteroatoms. The summed E-state index contributed by atoms with van der Waals surface area (Å²) in [7, 11) is 0. The maximum absolute atomic E-state index is 11.9. The fourth-order valence-electron chi connectivity index (χ4n) is 6.64. The van der Waals surface area contributed by atoms with Gasteiger partial charge in [-0.3, -0.25) is 4.79 Å². The van der Waals surface area contributed by atoms with Crippen LogP contribution in [0.25, 0.3) is 0 Å². The highest BCUT2D eigenvalue weighted by atomic mass is 16.3. The minimum absolute atomic E-state index is 0.0472. The zero-order valence-electron chi connectivity index (χ0n) is 12.7. The van der Waals surface area contributed by atoms with E-state index in [2.05, 4.69) is 6.92 Å². The van der Waals surface area contributed by atoms with Crippen molar-refractivity contribution in [3.63, 3.8) is 0 Å². The van der Waals surface area contributed by atoms with Crippen molar-refractivity contribution >= 4 is 5.78 Å². The molecule has 4 unspecified atom stereocenters. The van der Waals surface area contributed by atoms with Crippen LogP contribution in [0.3, 0.4) is 0 Å². The summed E-state index contributed by atoms with van der Waals surface area (Å²) < 4.78 is 0.